The van der Waals surface area contributed by atoms with Crippen molar-refractivity contribution in [3.05, 3.63) is 16.0 Å². The zero-order chi connectivity index (χ0) is 19.3. The normalized spacial score (nSPS) is 29.6. The van der Waals surface area contributed by atoms with Gasteiger partial charge in [0.1, 0.15) is 5.00 Å². The molecule has 0 spiro atoms. The van der Waals surface area contributed by atoms with Gasteiger partial charge in [-0.25, -0.2) is 0 Å². The minimum absolute atomic E-state index is 0.105. The number of primary amides is 1. The van der Waals surface area contributed by atoms with E-state index in [1.54, 1.807) is 11.3 Å². The first kappa shape index (κ1) is 19.0. The van der Waals surface area contributed by atoms with Crippen LogP contribution >= 0.6 is 11.3 Å². The van der Waals surface area contributed by atoms with Gasteiger partial charge >= 0.3 is 0 Å². The maximum absolute atomic E-state index is 12.9. The number of nitrogens with one attached hydrogen (secondary N) is 1. The van der Waals surface area contributed by atoms with Crippen molar-refractivity contribution < 1.29 is 9.59 Å². The highest BCUT2D eigenvalue weighted by molar-refractivity contribution is 7.17. The quantitative estimate of drug-likeness (QED) is 0.763. The minimum atomic E-state index is -0.399. The number of hydrogen-bond acceptors (Lipinski definition) is 3. The Kier molecular flexibility index (Phi) is 4.86. The van der Waals surface area contributed by atoms with Crippen LogP contribution in [0.3, 0.4) is 0 Å². The monoisotopic (exact) mass is 388 g/mol. The van der Waals surface area contributed by atoms with Crippen molar-refractivity contribution in [2.45, 2.75) is 72.1 Å². The van der Waals surface area contributed by atoms with Gasteiger partial charge in [-0.15, -0.1) is 11.3 Å². The molecule has 2 saturated carbocycles. The highest BCUT2D eigenvalue weighted by atomic mass is 32.1. The fourth-order valence-corrected chi connectivity index (χ4v) is 7.00. The molecule has 27 heavy (non-hydrogen) atoms. The van der Waals surface area contributed by atoms with E-state index in [0.29, 0.717) is 27.8 Å². The van der Waals surface area contributed by atoms with E-state index in [0.717, 1.165) is 43.6 Å². The van der Waals surface area contributed by atoms with E-state index in [1.165, 1.54) is 24.1 Å². The molecule has 1 heterocycles. The first-order valence-corrected chi connectivity index (χ1v) is 11.4. The van der Waals surface area contributed by atoms with Crippen molar-refractivity contribution in [2.75, 3.05) is 5.32 Å². The molecule has 4 rings (SSSR count). The molecule has 2 amide bonds. The van der Waals surface area contributed by atoms with E-state index in [1.807, 2.05) is 0 Å². The van der Waals surface area contributed by atoms with Gasteiger partial charge in [-0.1, -0.05) is 33.6 Å². The van der Waals surface area contributed by atoms with Crippen LogP contribution < -0.4 is 11.1 Å². The lowest BCUT2D eigenvalue weighted by Crippen LogP contribution is -2.29. The van der Waals surface area contributed by atoms with Gasteiger partial charge in [0.05, 0.1) is 5.56 Å². The number of fused-ring (bicyclic) bond motifs is 3. The lowest BCUT2D eigenvalue weighted by molar-refractivity contribution is -0.121. The zero-order valence-electron chi connectivity index (χ0n) is 16.8. The first-order valence-electron chi connectivity index (χ1n) is 10.5. The molecule has 4 nitrogen and oxygen atoms in total. The Hall–Kier alpha value is -1.36. The number of hydrogen-bond donors (Lipinski definition) is 2. The van der Waals surface area contributed by atoms with Crippen LogP contribution in [0, 0.1) is 29.1 Å². The van der Waals surface area contributed by atoms with Gasteiger partial charge in [-0.3, -0.25) is 9.59 Å². The van der Waals surface area contributed by atoms with E-state index < -0.39 is 5.91 Å². The summed E-state index contributed by atoms with van der Waals surface area (Å²) < 4.78 is 0. The van der Waals surface area contributed by atoms with Crippen LogP contribution in [0.15, 0.2) is 0 Å². The Morgan fingerprint density at radius 2 is 2.00 bits per heavy atom. The third-order valence-electron chi connectivity index (χ3n) is 7.84. The van der Waals surface area contributed by atoms with Crippen molar-refractivity contribution in [1.82, 2.24) is 0 Å². The number of carbonyl (C=O) groups is 2. The fourth-order valence-electron chi connectivity index (χ4n) is 5.66. The van der Waals surface area contributed by atoms with Crippen molar-refractivity contribution >= 4 is 28.2 Å². The molecule has 0 aromatic carbocycles. The summed E-state index contributed by atoms with van der Waals surface area (Å²) in [6.07, 6.45) is 8.80. The predicted molar refractivity (Wildman–Crippen MR) is 110 cm³/mol. The molecular weight excluding hydrogens is 356 g/mol. The lowest BCUT2D eigenvalue weighted by atomic mass is 9.69. The van der Waals surface area contributed by atoms with Gasteiger partial charge in [-0.2, -0.15) is 0 Å². The second-order valence-corrected chi connectivity index (χ2v) is 10.7. The van der Waals surface area contributed by atoms with Gasteiger partial charge in [0.25, 0.3) is 5.91 Å². The van der Waals surface area contributed by atoms with E-state index in [2.05, 4.69) is 26.1 Å². The Balaban J connectivity index is 1.57. The Morgan fingerprint density at radius 1 is 1.22 bits per heavy atom. The third-order valence-corrected chi connectivity index (χ3v) is 9.01. The average Bonchev–Trinajstić information content (AvgIpc) is 3.34. The number of anilines is 1. The predicted octanol–water partition coefficient (Wildman–Crippen LogP) is 4.76. The van der Waals surface area contributed by atoms with Crippen LogP contribution in [-0.2, 0) is 17.6 Å². The molecule has 0 aliphatic heterocycles. The molecule has 0 saturated heterocycles. The SMILES string of the molecule is CCC(C)(C)[C@@H]1CCc2c(sc(NC(=O)[C@H]3C[C@H]4CC[C@H]3C4)c2C(N)=O)C1. The van der Waals surface area contributed by atoms with Crippen LogP contribution in [0.25, 0.3) is 0 Å². The van der Waals surface area contributed by atoms with Crippen LogP contribution in [-0.4, -0.2) is 11.8 Å². The summed E-state index contributed by atoms with van der Waals surface area (Å²) in [6, 6.07) is 0. The smallest absolute Gasteiger partial charge is 0.251 e. The van der Waals surface area contributed by atoms with E-state index in [-0.39, 0.29) is 11.8 Å². The molecule has 0 unspecified atom stereocenters. The van der Waals surface area contributed by atoms with Crippen molar-refractivity contribution in [2.24, 2.45) is 34.8 Å². The van der Waals surface area contributed by atoms with Crippen LogP contribution in [0.1, 0.15) is 80.1 Å². The summed E-state index contributed by atoms with van der Waals surface area (Å²) in [7, 11) is 0. The summed E-state index contributed by atoms with van der Waals surface area (Å²) in [5.74, 6) is 1.71. The van der Waals surface area contributed by atoms with Crippen LogP contribution in [0.4, 0.5) is 5.00 Å². The van der Waals surface area contributed by atoms with Gasteiger partial charge in [-0.05, 0) is 67.3 Å². The molecule has 3 aliphatic rings. The number of rotatable bonds is 5. The van der Waals surface area contributed by atoms with Crippen molar-refractivity contribution in [3.8, 4) is 0 Å². The Bertz CT molecular complexity index is 767. The second kappa shape index (κ2) is 6.91. The molecule has 4 atom stereocenters. The molecule has 0 radical (unpaired) electrons. The molecule has 3 aliphatic carbocycles. The summed E-state index contributed by atoms with van der Waals surface area (Å²) >= 11 is 1.60. The highest BCUT2D eigenvalue weighted by Gasteiger charge is 2.43. The van der Waals surface area contributed by atoms with Gasteiger partial charge in [0.2, 0.25) is 5.91 Å². The van der Waals surface area contributed by atoms with Crippen LogP contribution in [0.2, 0.25) is 0 Å². The largest absolute Gasteiger partial charge is 0.365 e. The average molecular weight is 389 g/mol. The second-order valence-electron chi connectivity index (χ2n) is 9.62. The summed E-state index contributed by atoms with van der Waals surface area (Å²) in [5.41, 5.74) is 7.71. The summed E-state index contributed by atoms with van der Waals surface area (Å²) in [4.78, 5) is 26.4. The third kappa shape index (κ3) is 3.32. The number of thiophene rings is 1. The van der Waals surface area contributed by atoms with E-state index in [4.69, 9.17) is 5.73 Å². The fraction of sp³-hybridized carbons (Fsp3) is 0.727. The highest BCUT2D eigenvalue weighted by Crippen LogP contribution is 2.49. The van der Waals surface area contributed by atoms with Gasteiger partial charge < -0.3 is 11.1 Å². The van der Waals surface area contributed by atoms with E-state index in [9.17, 15) is 9.59 Å². The van der Waals surface area contributed by atoms with E-state index >= 15 is 0 Å². The molecule has 1 aromatic heterocycles. The minimum Gasteiger partial charge on any atom is -0.365 e. The summed E-state index contributed by atoms with van der Waals surface area (Å²) in [6.45, 7) is 6.92. The lowest BCUT2D eigenvalue weighted by Gasteiger charge is -2.36. The number of nitrogens with two attached hydrogens (primary N) is 1. The molecule has 2 bridgehead atoms. The number of amides is 2. The van der Waals surface area contributed by atoms with Crippen molar-refractivity contribution in [3.63, 3.8) is 0 Å². The zero-order valence-corrected chi connectivity index (χ0v) is 17.6. The molecule has 3 N–H and O–H groups in total. The summed E-state index contributed by atoms with van der Waals surface area (Å²) in [5, 5.41) is 3.83. The molecule has 5 heteroatoms. The topological polar surface area (TPSA) is 72.2 Å². The van der Waals surface area contributed by atoms with Gasteiger partial charge in [0, 0.05) is 10.8 Å². The Labute approximate surface area is 166 Å². The number of carbonyl (C=O) groups excluding carboxylic acids is 2. The molecule has 148 valence electrons. The van der Waals surface area contributed by atoms with Crippen LogP contribution in [0.5, 0.6) is 0 Å². The first-order chi connectivity index (χ1) is 12.8. The molecule has 1 aromatic rings. The molecular formula is C22H32N2O2S. The maximum atomic E-state index is 12.9. The van der Waals surface area contributed by atoms with Crippen molar-refractivity contribution in [1.29, 1.82) is 0 Å². The molecule has 2 fully saturated rings. The maximum Gasteiger partial charge on any atom is 0.251 e. The Morgan fingerprint density at radius 3 is 2.59 bits per heavy atom. The standard InChI is InChI=1S/C22H32N2O2S/c1-4-22(2,3)14-7-8-15-17(11-14)27-21(18(15)19(23)25)24-20(26)16-10-12-5-6-13(16)9-12/h12-14,16H,4-11H2,1-3H3,(H2,23,25)(H,24,26)/t12-,13-,14+,16-/m0/s1. The van der Waals surface area contributed by atoms with Gasteiger partial charge in [0.15, 0.2) is 0 Å².